The Bertz CT molecular complexity index is 666. The minimum Gasteiger partial charge on any atom is -0.462 e. The van der Waals surface area contributed by atoms with E-state index in [9.17, 15) is 4.79 Å². The molecule has 0 aliphatic carbocycles. The zero-order valence-electron chi connectivity index (χ0n) is 12.7. The maximum Gasteiger partial charge on any atom is 0.341 e. The summed E-state index contributed by atoms with van der Waals surface area (Å²) in [5.41, 5.74) is 2.10. The summed E-state index contributed by atoms with van der Waals surface area (Å²) in [5, 5.41) is 4.29. The van der Waals surface area contributed by atoms with Gasteiger partial charge in [0.25, 0.3) is 0 Å². The van der Waals surface area contributed by atoms with E-state index < -0.39 is 0 Å². The smallest absolute Gasteiger partial charge is 0.341 e. The van der Waals surface area contributed by atoms with Crippen molar-refractivity contribution in [1.29, 1.82) is 0 Å². The number of anilines is 1. The molecule has 5 heteroatoms. The van der Waals surface area contributed by atoms with Gasteiger partial charge in [-0.3, -0.25) is 4.98 Å². The molecule has 1 N–H and O–H groups in total. The van der Waals surface area contributed by atoms with E-state index in [1.165, 1.54) is 0 Å². The first-order chi connectivity index (χ1) is 10.8. The number of fused-ring (bicyclic) bond motifs is 1. The van der Waals surface area contributed by atoms with Gasteiger partial charge in [-0.25, -0.2) is 4.79 Å². The first kappa shape index (κ1) is 14.8. The van der Waals surface area contributed by atoms with Gasteiger partial charge in [0.05, 0.1) is 23.9 Å². The second-order valence-corrected chi connectivity index (χ2v) is 5.30. The number of hydrogen-bond acceptors (Lipinski definition) is 5. The number of nitrogens with one attached hydrogen (secondary N) is 1. The van der Waals surface area contributed by atoms with Crippen LogP contribution in [-0.2, 0) is 9.47 Å². The number of benzene rings is 1. The van der Waals surface area contributed by atoms with E-state index in [0.29, 0.717) is 18.7 Å². The summed E-state index contributed by atoms with van der Waals surface area (Å²) in [4.78, 5) is 16.5. The lowest BCUT2D eigenvalue weighted by atomic mass is 10.1. The monoisotopic (exact) mass is 300 g/mol. The van der Waals surface area contributed by atoms with Crippen molar-refractivity contribution < 1.29 is 14.3 Å². The Hall–Kier alpha value is -2.14. The molecule has 1 saturated heterocycles. The van der Waals surface area contributed by atoms with Gasteiger partial charge in [0, 0.05) is 24.7 Å². The van der Waals surface area contributed by atoms with Gasteiger partial charge < -0.3 is 14.8 Å². The van der Waals surface area contributed by atoms with E-state index in [-0.39, 0.29) is 12.1 Å². The highest BCUT2D eigenvalue weighted by molar-refractivity contribution is 6.04. The number of rotatable bonds is 5. The fraction of sp³-hybridized carbons (Fsp3) is 0.412. The molecule has 2 heterocycles. The van der Waals surface area contributed by atoms with Crippen molar-refractivity contribution in [2.75, 3.05) is 25.1 Å². The average Bonchev–Trinajstić information content (AvgIpc) is 3.06. The molecule has 0 spiro atoms. The minimum atomic E-state index is -0.351. The third kappa shape index (κ3) is 3.04. The van der Waals surface area contributed by atoms with Gasteiger partial charge in [0.2, 0.25) is 0 Å². The summed E-state index contributed by atoms with van der Waals surface area (Å²) in [6.07, 6.45) is 3.92. The maximum absolute atomic E-state index is 12.2. The molecule has 5 nitrogen and oxygen atoms in total. The van der Waals surface area contributed by atoms with Crippen LogP contribution in [0.2, 0.25) is 0 Å². The summed E-state index contributed by atoms with van der Waals surface area (Å²) in [5.74, 6) is -0.351. The van der Waals surface area contributed by atoms with Crippen LogP contribution in [0.5, 0.6) is 0 Å². The minimum absolute atomic E-state index is 0.196. The molecule has 116 valence electrons. The summed E-state index contributed by atoms with van der Waals surface area (Å²) >= 11 is 0. The highest BCUT2D eigenvalue weighted by atomic mass is 16.5. The van der Waals surface area contributed by atoms with Crippen LogP contribution in [0.4, 0.5) is 5.69 Å². The Balaban J connectivity index is 1.94. The molecule has 2 aromatic rings. The number of hydrogen-bond donors (Lipinski definition) is 1. The molecule has 1 fully saturated rings. The van der Waals surface area contributed by atoms with Crippen molar-refractivity contribution in [1.82, 2.24) is 4.98 Å². The zero-order valence-corrected chi connectivity index (χ0v) is 12.7. The van der Waals surface area contributed by atoms with Crippen LogP contribution in [0, 0.1) is 0 Å². The van der Waals surface area contributed by atoms with Crippen LogP contribution < -0.4 is 5.32 Å². The molecule has 1 aliphatic rings. The number of ether oxygens (including phenoxy) is 2. The summed E-state index contributed by atoms with van der Waals surface area (Å²) in [7, 11) is 0. The van der Waals surface area contributed by atoms with Crippen LogP contribution in [0.3, 0.4) is 0 Å². The molecule has 1 atom stereocenters. The van der Waals surface area contributed by atoms with Crippen molar-refractivity contribution in [2.24, 2.45) is 0 Å². The summed E-state index contributed by atoms with van der Waals surface area (Å²) in [6, 6.07) is 7.77. The van der Waals surface area contributed by atoms with E-state index in [0.717, 1.165) is 36.0 Å². The molecular formula is C17H20N2O3. The molecule has 0 radical (unpaired) electrons. The van der Waals surface area contributed by atoms with E-state index in [4.69, 9.17) is 9.47 Å². The van der Waals surface area contributed by atoms with Crippen LogP contribution in [-0.4, -0.2) is 36.8 Å². The van der Waals surface area contributed by atoms with Crippen molar-refractivity contribution >= 4 is 22.6 Å². The molecule has 0 saturated carbocycles. The molecule has 22 heavy (non-hydrogen) atoms. The number of esters is 1. The van der Waals surface area contributed by atoms with E-state index in [1.807, 2.05) is 24.3 Å². The Kier molecular flexibility index (Phi) is 4.53. The normalized spacial score (nSPS) is 17.6. The Labute approximate surface area is 129 Å². The van der Waals surface area contributed by atoms with Crippen molar-refractivity contribution in [3.63, 3.8) is 0 Å². The summed E-state index contributed by atoms with van der Waals surface area (Å²) < 4.78 is 10.8. The average molecular weight is 300 g/mol. The van der Waals surface area contributed by atoms with Gasteiger partial charge in [0.1, 0.15) is 5.56 Å². The van der Waals surface area contributed by atoms with Gasteiger partial charge in [-0.15, -0.1) is 0 Å². The topological polar surface area (TPSA) is 60.5 Å². The lowest BCUT2D eigenvalue weighted by Crippen LogP contribution is -2.20. The number of para-hydroxylation sites is 1. The van der Waals surface area contributed by atoms with E-state index >= 15 is 0 Å². The van der Waals surface area contributed by atoms with Gasteiger partial charge in [-0.05, 0) is 25.8 Å². The van der Waals surface area contributed by atoms with E-state index in [1.54, 1.807) is 13.1 Å². The molecule has 0 amide bonds. The second-order valence-electron chi connectivity index (χ2n) is 5.30. The molecule has 1 aromatic carbocycles. The van der Waals surface area contributed by atoms with Crippen LogP contribution in [0.1, 0.15) is 30.1 Å². The number of carbonyl (C=O) groups excluding carboxylic acids is 1. The molecular weight excluding hydrogens is 280 g/mol. The van der Waals surface area contributed by atoms with Gasteiger partial charge in [-0.1, -0.05) is 18.2 Å². The Morgan fingerprint density at radius 1 is 1.45 bits per heavy atom. The maximum atomic E-state index is 12.2. The van der Waals surface area contributed by atoms with Crippen LogP contribution in [0.25, 0.3) is 10.9 Å². The predicted molar refractivity (Wildman–Crippen MR) is 85.2 cm³/mol. The van der Waals surface area contributed by atoms with Crippen molar-refractivity contribution in [2.45, 2.75) is 25.9 Å². The van der Waals surface area contributed by atoms with Crippen LogP contribution >= 0.6 is 0 Å². The van der Waals surface area contributed by atoms with Crippen molar-refractivity contribution in [3.8, 4) is 0 Å². The molecule has 1 aliphatic heterocycles. The fourth-order valence-electron chi connectivity index (χ4n) is 2.72. The van der Waals surface area contributed by atoms with Crippen LogP contribution in [0.15, 0.2) is 30.5 Å². The summed E-state index contributed by atoms with van der Waals surface area (Å²) in [6.45, 7) is 3.64. The predicted octanol–water partition coefficient (Wildman–Crippen LogP) is 3.00. The number of pyridine rings is 1. The zero-order chi connectivity index (χ0) is 15.4. The largest absolute Gasteiger partial charge is 0.462 e. The molecule has 0 unspecified atom stereocenters. The number of carbonyl (C=O) groups is 1. The SMILES string of the molecule is CCOC(=O)c1cnc2ccccc2c1NC[C@H]1CCCO1. The lowest BCUT2D eigenvalue weighted by molar-refractivity contribution is 0.0527. The Morgan fingerprint density at radius 3 is 3.09 bits per heavy atom. The van der Waals surface area contributed by atoms with Gasteiger partial charge in [0.15, 0.2) is 0 Å². The quantitative estimate of drug-likeness (QED) is 0.860. The third-order valence-corrected chi connectivity index (χ3v) is 3.80. The molecule has 3 rings (SSSR count). The molecule has 0 bridgehead atoms. The number of aromatic nitrogens is 1. The first-order valence-corrected chi connectivity index (χ1v) is 7.70. The van der Waals surface area contributed by atoms with Gasteiger partial charge >= 0.3 is 5.97 Å². The third-order valence-electron chi connectivity index (χ3n) is 3.80. The second kappa shape index (κ2) is 6.75. The first-order valence-electron chi connectivity index (χ1n) is 7.70. The lowest BCUT2D eigenvalue weighted by Gasteiger charge is -2.16. The number of nitrogens with zero attached hydrogens (tertiary/aromatic N) is 1. The molecule has 1 aromatic heterocycles. The van der Waals surface area contributed by atoms with E-state index in [2.05, 4.69) is 10.3 Å². The highest BCUT2D eigenvalue weighted by Gasteiger charge is 2.19. The standard InChI is InChI=1S/C17H20N2O3/c1-2-21-17(20)14-11-18-15-8-4-3-7-13(15)16(14)19-10-12-6-5-9-22-12/h3-4,7-8,11-12H,2,5-6,9-10H2,1H3,(H,18,19)/t12-/m1/s1. The Morgan fingerprint density at radius 2 is 2.32 bits per heavy atom. The highest BCUT2D eigenvalue weighted by Crippen LogP contribution is 2.27. The fourth-order valence-corrected chi connectivity index (χ4v) is 2.72. The van der Waals surface area contributed by atoms with Crippen molar-refractivity contribution in [3.05, 3.63) is 36.0 Å². The van der Waals surface area contributed by atoms with Gasteiger partial charge in [-0.2, -0.15) is 0 Å².